The second kappa shape index (κ2) is 6.19. The van der Waals surface area contributed by atoms with E-state index in [0.717, 1.165) is 6.07 Å². The van der Waals surface area contributed by atoms with Crippen molar-refractivity contribution in [3.8, 4) is 0 Å². The zero-order chi connectivity index (χ0) is 13.8. The lowest BCUT2D eigenvalue weighted by Crippen LogP contribution is -2.32. The van der Waals surface area contributed by atoms with Gasteiger partial charge in [0.05, 0.1) is 0 Å². The van der Waals surface area contributed by atoms with E-state index in [9.17, 15) is 18.8 Å². The van der Waals surface area contributed by atoms with Gasteiger partial charge in [0.2, 0.25) is 0 Å². The van der Waals surface area contributed by atoms with E-state index in [-0.39, 0.29) is 0 Å². The van der Waals surface area contributed by atoms with E-state index in [1.54, 1.807) is 24.3 Å². The van der Waals surface area contributed by atoms with E-state index in [0.29, 0.717) is 21.7 Å². The molecule has 19 heavy (non-hydrogen) atoms. The third kappa shape index (κ3) is 3.56. The fourth-order valence-corrected chi connectivity index (χ4v) is 2.60. The molecular weight excluding hydrogens is 269 g/mol. The minimum atomic E-state index is -1.56. The Labute approximate surface area is 114 Å². The molecule has 0 radical (unpaired) electrons. The van der Waals surface area contributed by atoms with Gasteiger partial charge in [0.25, 0.3) is 0 Å². The summed E-state index contributed by atoms with van der Waals surface area (Å²) >= 11 is 1.18. The molecule has 0 saturated heterocycles. The topological polar surface area (TPSA) is 40.5 Å². The molecule has 98 valence electrons. The highest BCUT2D eigenvalue weighted by Gasteiger charge is 2.15. The highest BCUT2D eigenvalue weighted by molar-refractivity contribution is 7.98. The highest BCUT2D eigenvalue weighted by atomic mass is 32.2. The second-order valence-corrected chi connectivity index (χ2v) is 4.95. The van der Waals surface area contributed by atoms with Crippen molar-refractivity contribution in [2.45, 2.75) is 10.6 Å². The van der Waals surface area contributed by atoms with Crippen LogP contribution < -0.4 is 5.46 Å². The van der Waals surface area contributed by atoms with Gasteiger partial charge in [0, 0.05) is 16.7 Å². The fraction of sp³-hybridized carbons (Fsp3) is 0.0769. The van der Waals surface area contributed by atoms with Crippen molar-refractivity contribution in [2.24, 2.45) is 0 Å². The maximum atomic E-state index is 13.5. The van der Waals surface area contributed by atoms with Crippen LogP contribution in [0.4, 0.5) is 8.78 Å². The Hall–Kier alpha value is -1.37. The van der Waals surface area contributed by atoms with Gasteiger partial charge in [-0.15, -0.1) is 11.8 Å². The van der Waals surface area contributed by atoms with E-state index >= 15 is 0 Å². The summed E-state index contributed by atoms with van der Waals surface area (Å²) in [6, 6.07) is 10.2. The monoisotopic (exact) mass is 280 g/mol. The maximum Gasteiger partial charge on any atom is 0.488 e. The molecule has 0 bridgehead atoms. The smallest absolute Gasteiger partial charge is 0.423 e. The summed E-state index contributed by atoms with van der Waals surface area (Å²) in [5.74, 6) is -0.865. The Bertz CT molecular complexity index is 578. The molecule has 0 unspecified atom stereocenters. The quantitative estimate of drug-likeness (QED) is 0.664. The van der Waals surface area contributed by atoms with Crippen LogP contribution in [0.3, 0.4) is 0 Å². The van der Waals surface area contributed by atoms with Crippen molar-refractivity contribution in [1.82, 2.24) is 0 Å². The second-order valence-electron chi connectivity index (χ2n) is 3.94. The molecule has 0 aliphatic rings. The summed E-state index contributed by atoms with van der Waals surface area (Å²) in [4.78, 5) is 0.323. The van der Waals surface area contributed by atoms with Crippen LogP contribution in [0, 0.1) is 11.6 Å². The molecule has 0 spiro atoms. The van der Waals surface area contributed by atoms with Gasteiger partial charge in [-0.2, -0.15) is 0 Å². The first kappa shape index (κ1) is 14.1. The average Bonchev–Trinajstić information content (AvgIpc) is 2.38. The van der Waals surface area contributed by atoms with E-state index < -0.39 is 18.8 Å². The first-order chi connectivity index (χ1) is 9.08. The molecule has 2 aromatic carbocycles. The summed E-state index contributed by atoms with van der Waals surface area (Å²) < 4.78 is 26.2. The van der Waals surface area contributed by atoms with E-state index in [1.165, 1.54) is 23.9 Å². The summed E-state index contributed by atoms with van der Waals surface area (Å²) in [7, 11) is -1.56. The van der Waals surface area contributed by atoms with Crippen molar-refractivity contribution in [2.75, 3.05) is 0 Å². The Morgan fingerprint density at radius 1 is 1.05 bits per heavy atom. The number of hydrogen-bond acceptors (Lipinski definition) is 3. The van der Waals surface area contributed by atoms with Crippen molar-refractivity contribution < 1.29 is 18.8 Å². The number of rotatable bonds is 4. The number of hydrogen-bond donors (Lipinski definition) is 2. The molecule has 2 N–H and O–H groups in total. The van der Waals surface area contributed by atoms with Crippen molar-refractivity contribution in [3.05, 3.63) is 59.7 Å². The van der Waals surface area contributed by atoms with Crippen LogP contribution in [0.2, 0.25) is 0 Å². The molecule has 0 fully saturated rings. The lowest BCUT2D eigenvalue weighted by atomic mass is 9.77. The molecule has 0 aliphatic heterocycles. The van der Waals surface area contributed by atoms with Gasteiger partial charge in [-0.3, -0.25) is 0 Å². The molecule has 0 amide bonds. The summed E-state index contributed by atoms with van der Waals surface area (Å²) in [6.45, 7) is 0. The molecule has 6 heteroatoms. The minimum absolute atomic E-state index is 0.323. The third-order valence-electron chi connectivity index (χ3n) is 2.61. The zero-order valence-corrected chi connectivity index (χ0v) is 10.7. The molecule has 2 rings (SSSR count). The predicted molar refractivity (Wildman–Crippen MR) is 72.2 cm³/mol. The van der Waals surface area contributed by atoms with Gasteiger partial charge in [0.15, 0.2) is 0 Å². The standard InChI is InChI=1S/C13H11BF2O2S/c15-10-5-6-13(12(16)7-10)19-8-9-3-1-2-4-11(9)14(17)18/h1-7,17-18H,8H2. The summed E-state index contributed by atoms with van der Waals surface area (Å²) in [5.41, 5.74) is 1.09. The summed E-state index contributed by atoms with van der Waals surface area (Å²) in [6.07, 6.45) is 0. The van der Waals surface area contributed by atoms with E-state index in [1.807, 2.05) is 0 Å². The molecule has 0 saturated carbocycles. The van der Waals surface area contributed by atoms with E-state index in [4.69, 9.17) is 0 Å². The van der Waals surface area contributed by atoms with Crippen LogP contribution in [0.1, 0.15) is 5.56 Å². The van der Waals surface area contributed by atoms with Crippen LogP contribution >= 0.6 is 11.8 Å². The van der Waals surface area contributed by atoms with Crippen LogP contribution in [0.5, 0.6) is 0 Å². The molecular formula is C13H11BF2O2S. The Kier molecular flexibility index (Phi) is 4.58. The Morgan fingerprint density at radius 3 is 2.47 bits per heavy atom. The Balaban J connectivity index is 2.14. The van der Waals surface area contributed by atoms with Crippen LogP contribution in [-0.4, -0.2) is 17.2 Å². The molecule has 2 nitrogen and oxygen atoms in total. The number of halogens is 2. The van der Waals surface area contributed by atoms with Gasteiger partial charge in [-0.25, -0.2) is 8.78 Å². The SMILES string of the molecule is OB(O)c1ccccc1CSc1ccc(F)cc1F. The minimum Gasteiger partial charge on any atom is -0.423 e. The number of thioether (sulfide) groups is 1. The molecule has 0 atom stereocenters. The van der Waals surface area contributed by atoms with Gasteiger partial charge in [-0.05, 0) is 23.2 Å². The predicted octanol–water partition coefficient (Wildman–Crippen LogP) is 1.94. The first-order valence-electron chi connectivity index (χ1n) is 5.59. The van der Waals surface area contributed by atoms with Gasteiger partial charge >= 0.3 is 7.12 Å². The maximum absolute atomic E-state index is 13.5. The molecule has 0 heterocycles. The van der Waals surface area contributed by atoms with Gasteiger partial charge in [0.1, 0.15) is 11.6 Å². The fourth-order valence-electron chi connectivity index (χ4n) is 1.67. The molecule has 2 aromatic rings. The van der Waals surface area contributed by atoms with Crippen LogP contribution in [0.25, 0.3) is 0 Å². The average molecular weight is 280 g/mol. The van der Waals surface area contributed by atoms with Crippen molar-refractivity contribution in [1.29, 1.82) is 0 Å². The molecule has 0 aliphatic carbocycles. The van der Waals surface area contributed by atoms with Gasteiger partial charge < -0.3 is 10.0 Å². The zero-order valence-electron chi connectivity index (χ0n) is 9.88. The van der Waals surface area contributed by atoms with Crippen LogP contribution in [-0.2, 0) is 5.75 Å². The Morgan fingerprint density at radius 2 is 1.79 bits per heavy atom. The number of benzene rings is 2. The molecule has 0 aromatic heterocycles. The van der Waals surface area contributed by atoms with E-state index in [2.05, 4.69) is 0 Å². The van der Waals surface area contributed by atoms with Crippen molar-refractivity contribution in [3.63, 3.8) is 0 Å². The van der Waals surface area contributed by atoms with Crippen molar-refractivity contribution >= 4 is 24.3 Å². The lowest BCUT2D eigenvalue weighted by molar-refractivity contribution is 0.425. The highest BCUT2D eigenvalue weighted by Crippen LogP contribution is 2.25. The first-order valence-corrected chi connectivity index (χ1v) is 6.58. The summed E-state index contributed by atoms with van der Waals surface area (Å²) in [5, 5.41) is 18.4. The lowest BCUT2D eigenvalue weighted by Gasteiger charge is -2.08. The van der Waals surface area contributed by atoms with Crippen LogP contribution in [0.15, 0.2) is 47.4 Å². The normalized spacial score (nSPS) is 10.5. The van der Waals surface area contributed by atoms with Gasteiger partial charge in [-0.1, -0.05) is 24.3 Å². The largest absolute Gasteiger partial charge is 0.488 e. The third-order valence-corrected chi connectivity index (χ3v) is 3.71.